The van der Waals surface area contributed by atoms with Crippen molar-refractivity contribution in [2.75, 3.05) is 13.7 Å². The molecule has 1 aromatic heterocycles. The Bertz CT molecular complexity index is 798. The molecule has 2 rings (SSSR count). The molecular weight excluding hydrogens is 325 g/mol. The summed E-state index contributed by atoms with van der Waals surface area (Å²) >= 11 is 0. The van der Waals surface area contributed by atoms with Crippen molar-refractivity contribution < 1.29 is 22.6 Å². The number of halogens is 3. The van der Waals surface area contributed by atoms with Crippen LogP contribution < -0.4 is 15.2 Å². The molecule has 0 spiro atoms. The first-order valence-corrected chi connectivity index (χ1v) is 7.01. The van der Waals surface area contributed by atoms with Crippen LogP contribution >= 0.6 is 0 Å². The van der Waals surface area contributed by atoms with E-state index >= 15 is 0 Å². The second-order valence-corrected chi connectivity index (χ2v) is 4.70. The number of nitrogens with zero attached hydrogens (tertiary/aromatic N) is 1. The molecule has 2 aromatic rings. The number of ether oxygens (including phenoxy) is 2. The summed E-state index contributed by atoms with van der Waals surface area (Å²) in [6.07, 6.45) is -1.79. The van der Waals surface area contributed by atoms with Gasteiger partial charge in [0.2, 0.25) is 0 Å². The standard InChI is InChI=1S/C16H15F3N2O3/c1-3-24-13-8-10(5-7-12(13)23-2)4-6-11-9-14(16(17,18)19)21-15(22)20-11/h4-9H,3H2,1-2H3,(H,20,21,22)/b6-4-. The number of hydrogen-bond donors (Lipinski definition) is 1. The average Bonchev–Trinajstić information content (AvgIpc) is 2.52. The van der Waals surface area contributed by atoms with Crippen LogP contribution in [0.5, 0.6) is 11.5 Å². The van der Waals surface area contributed by atoms with Crippen LogP contribution in [0.4, 0.5) is 13.2 Å². The molecule has 0 amide bonds. The molecule has 5 nitrogen and oxygen atoms in total. The van der Waals surface area contributed by atoms with Crippen molar-refractivity contribution in [2.45, 2.75) is 13.1 Å². The van der Waals surface area contributed by atoms with Crippen molar-refractivity contribution in [1.29, 1.82) is 0 Å². The lowest BCUT2D eigenvalue weighted by Gasteiger charge is -2.09. The molecule has 1 heterocycles. The largest absolute Gasteiger partial charge is 0.493 e. The molecular formula is C16H15F3N2O3. The molecule has 1 N–H and O–H groups in total. The molecule has 0 aliphatic rings. The van der Waals surface area contributed by atoms with E-state index in [0.717, 1.165) is 6.07 Å². The number of nitrogens with one attached hydrogen (secondary N) is 1. The lowest BCUT2D eigenvalue weighted by atomic mass is 10.1. The van der Waals surface area contributed by atoms with Crippen molar-refractivity contribution in [2.24, 2.45) is 0 Å². The maximum Gasteiger partial charge on any atom is 0.431 e. The van der Waals surface area contributed by atoms with Crippen molar-refractivity contribution >= 4 is 12.2 Å². The van der Waals surface area contributed by atoms with Gasteiger partial charge in [0, 0.05) is 0 Å². The fourth-order valence-electron chi connectivity index (χ4n) is 1.96. The van der Waals surface area contributed by atoms with E-state index in [-0.39, 0.29) is 5.69 Å². The number of aromatic nitrogens is 2. The summed E-state index contributed by atoms with van der Waals surface area (Å²) in [5, 5.41) is 0. The van der Waals surface area contributed by atoms with Crippen LogP contribution in [-0.2, 0) is 6.18 Å². The van der Waals surface area contributed by atoms with Gasteiger partial charge in [0.25, 0.3) is 0 Å². The molecule has 24 heavy (non-hydrogen) atoms. The Labute approximate surface area is 135 Å². The monoisotopic (exact) mass is 340 g/mol. The fourth-order valence-corrected chi connectivity index (χ4v) is 1.96. The van der Waals surface area contributed by atoms with E-state index < -0.39 is 17.6 Å². The summed E-state index contributed by atoms with van der Waals surface area (Å²) in [7, 11) is 1.51. The van der Waals surface area contributed by atoms with Gasteiger partial charge in [-0.3, -0.25) is 0 Å². The molecule has 0 saturated heterocycles. The summed E-state index contributed by atoms with van der Waals surface area (Å²) in [4.78, 5) is 16.4. The third-order valence-electron chi connectivity index (χ3n) is 3.00. The maximum absolute atomic E-state index is 12.7. The van der Waals surface area contributed by atoms with Crippen LogP contribution in [0.3, 0.4) is 0 Å². The third kappa shape index (κ3) is 4.37. The second-order valence-electron chi connectivity index (χ2n) is 4.70. The van der Waals surface area contributed by atoms with Gasteiger partial charge in [-0.1, -0.05) is 12.1 Å². The minimum Gasteiger partial charge on any atom is -0.493 e. The minimum absolute atomic E-state index is 0.0974. The van der Waals surface area contributed by atoms with E-state index in [4.69, 9.17) is 9.47 Å². The van der Waals surface area contributed by atoms with Gasteiger partial charge in [-0.2, -0.15) is 18.2 Å². The van der Waals surface area contributed by atoms with Gasteiger partial charge < -0.3 is 14.5 Å². The molecule has 0 fully saturated rings. The zero-order valence-electron chi connectivity index (χ0n) is 13.0. The molecule has 0 unspecified atom stereocenters. The fraction of sp³-hybridized carbons (Fsp3) is 0.250. The Balaban J connectivity index is 2.33. The molecule has 0 saturated carbocycles. The Hall–Kier alpha value is -2.77. The summed E-state index contributed by atoms with van der Waals surface area (Å²) in [5.41, 5.74) is -1.64. The van der Waals surface area contributed by atoms with Gasteiger partial charge in [0.05, 0.1) is 19.4 Å². The first-order chi connectivity index (χ1) is 11.3. The third-order valence-corrected chi connectivity index (χ3v) is 3.00. The van der Waals surface area contributed by atoms with Gasteiger partial charge >= 0.3 is 11.9 Å². The van der Waals surface area contributed by atoms with E-state index in [1.807, 2.05) is 6.92 Å². The van der Waals surface area contributed by atoms with E-state index in [9.17, 15) is 18.0 Å². The number of hydrogen-bond acceptors (Lipinski definition) is 4. The summed E-state index contributed by atoms with van der Waals surface area (Å²) in [5.74, 6) is 1.06. The predicted octanol–water partition coefficient (Wildman–Crippen LogP) is 3.37. The summed E-state index contributed by atoms with van der Waals surface area (Å²) in [6.45, 7) is 2.26. The first-order valence-electron chi connectivity index (χ1n) is 7.01. The Morgan fingerprint density at radius 3 is 2.58 bits per heavy atom. The number of H-pyrrole nitrogens is 1. The number of methoxy groups -OCH3 is 1. The molecule has 0 aliphatic carbocycles. The first kappa shape index (κ1) is 17.6. The number of alkyl halides is 3. The zero-order chi connectivity index (χ0) is 17.7. The minimum atomic E-state index is -4.65. The highest BCUT2D eigenvalue weighted by molar-refractivity contribution is 5.69. The van der Waals surface area contributed by atoms with Crippen molar-refractivity contribution in [3.05, 3.63) is 51.7 Å². The smallest absolute Gasteiger partial charge is 0.431 e. The molecule has 8 heteroatoms. The summed E-state index contributed by atoms with van der Waals surface area (Å²) < 4.78 is 48.6. The molecule has 0 radical (unpaired) electrons. The molecule has 0 bridgehead atoms. The molecule has 0 atom stereocenters. The highest BCUT2D eigenvalue weighted by Crippen LogP contribution is 2.29. The summed E-state index contributed by atoms with van der Waals surface area (Å²) in [6, 6.07) is 5.83. The quantitative estimate of drug-likeness (QED) is 0.906. The number of benzene rings is 1. The van der Waals surface area contributed by atoms with Gasteiger partial charge in [0.15, 0.2) is 11.5 Å². The maximum atomic E-state index is 12.7. The Morgan fingerprint density at radius 1 is 1.21 bits per heavy atom. The molecule has 1 aromatic carbocycles. The topological polar surface area (TPSA) is 64.2 Å². The lowest BCUT2D eigenvalue weighted by Crippen LogP contribution is -2.19. The number of aromatic amines is 1. The van der Waals surface area contributed by atoms with E-state index in [0.29, 0.717) is 23.7 Å². The van der Waals surface area contributed by atoms with Crippen molar-refractivity contribution in [1.82, 2.24) is 9.97 Å². The van der Waals surface area contributed by atoms with Crippen LogP contribution in [0, 0.1) is 0 Å². The van der Waals surface area contributed by atoms with Crippen LogP contribution in [-0.4, -0.2) is 23.7 Å². The molecule has 0 aliphatic heterocycles. The van der Waals surface area contributed by atoms with Crippen molar-refractivity contribution in [3.8, 4) is 11.5 Å². The molecule has 128 valence electrons. The van der Waals surface area contributed by atoms with E-state index in [1.165, 1.54) is 19.3 Å². The predicted molar refractivity (Wildman–Crippen MR) is 83.0 cm³/mol. The highest BCUT2D eigenvalue weighted by Gasteiger charge is 2.32. The van der Waals surface area contributed by atoms with Gasteiger partial charge in [-0.15, -0.1) is 0 Å². The second kappa shape index (κ2) is 7.20. The average molecular weight is 340 g/mol. The van der Waals surface area contributed by atoms with Crippen LogP contribution in [0.1, 0.15) is 23.9 Å². The van der Waals surface area contributed by atoms with Crippen LogP contribution in [0.15, 0.2) is 29.1 Å². The Morgan fingerprint density at radius 2 is 1.96 bits per heavy atom. The zero-order valence-corrected chi connectivity index (χ0v) is 13.0. The normalized spacial score (nSPS) is 11.7. The van der Waals surface area contributed by atoms with Crippen LogP contribution in [0.25, 0.3) is 12.2 Å². The van der Waals surface area contributed by atoms with Crippen molar-refractivity contribution in [3.63, 3.8) is 0 Å². The van der Waals surface area contributed by atoms with Crippen LogP contribution in [0.2, 0.25) is 0 Å². The SMILES string of the molecule is CCOc1cc(/C=C\c2cc(C(F)(F)F)[nH]c(=O)n2)ccc1OC. The number of rotatable bonds is 5. The van der Waals surface area contributed by atoms with Gasteiger partial charge in [0.1, 0.15) is 5.69 Å². The highest BCUT2D eigenvalue weighted by atomic mass is 19.4. The van der Waals surface area contributed by atoms with Gasteiger partial charge in [-0.25, -0.2) is 4.79 Å². The lowest BCUT2D eigenvalue weighted by molar-refractivity contribution is -0.141. The van der Waals surface area contributed by atoms with Gasteiger partial charge in [-0.05, 0) is 36.8 Å². The Kier molecular flexibility index (Phi) is 5.28. The van der Waals surface area contributed by atoms with E-state index in [2.05, 4.69) is 4.98 Å². The van der Waals surface area contributed by atoms with E-state index in [1.54, 1.807) is 23.2 Å².